The average molecular weight is 151 g/mol. The van der Waals surface area contributed by atoms with Crippen LogP contribution in [-0.4, -0.2) is 9.67 Å². The summed E-state index contributed by atoms with van der Waals surface area (Å²) in [5, 5.41) is 9.26. The van der Waals surface area contributed by atoms with Gasteiger partial charge in [0, 0.05) is 18.4 Å². The minimum absolute atomic E-state index is 0.398. The third-order valence-corrected chi connectivity index (χ3v) is 1.62. The zero-order valence-corrected chi connectivity index (χ0v) is 6.70. The molecule has 60 valence electrons. The molecule has 1 aromatic rings. The van der Waals surface area contributed by atoms with Gasteiger partial charge in [-0.2, -0.15) is 0 Å². The first-order valence-corrected chi connectivity index (χ1v) is 3.69. The number of aromatic nitrogens is 1. The molecule has 11 heavy (non-hydrogen) atoms. The molecule has 1 atom stereocenters. The first-order chi connectivity index (χ1) is 5.25. The minimum atomic E-state index is -0.398. The predicted octanol–water partition coefficient (Wildman–Crippen LogP) is 1.73. The summed E-state index contributed by atoms with van der Waals surface area (Å²) in [6.07, 6.45) is 3.35. The van der Waals surface area contributed by atoms with E-state index in [-0.39, 0.29) is 0 Å². The summed E-state index contributed by atoms with van der Waals surface area (Å²) in [7, 11) is 0. The first kappa shape index (κ1) is 8.08. The van der Waals surface area contributed by atoms with Crippen LogP contribution in [0.25, 0.3) is 0 Å². The highest BCUT2D eigenvalue weighted by molar-refractivity contribution is 5.10. The van der Waals surface area contributed by atoms with Gasteiger partial charge in [-0.25, -0.2) is 0 Å². The number of allylic oxidation sites excluding steroid dienone is 1. The third kappa shape index (κ3) is 1.71. The number of hydrogen-bond acceptors (Lipinski definition) is 1. The summed E-state index contributed by atoms with van der Waals surface area (Å²) in [6.45, 7) is 6.15. The summed E-state index contributed by atoms with van der Waals surface area (Å²) >= 11 is 0. The minimum Gasteiger partial charge on any atom is -0.387 e. The van der Waals surface area contributed by atoms with Crippen LogP contribution in [0, 0.1) is 0 Å². The lowest BCUT2D eigenvalue weighted by Gasteiger charge is -2.07. The van der Waals surface area contributed by atoms with E-state index in [0.717, 1.165) is 12.2 Å². The van der Waals surface area contributed by atoms with E-state index in [2.05, 4.69) is 6.58 Å². The van der Waals surface area contributed by atoms with Crippen molar-refractivity contribution in [1.82, 2.24) is 4.57 Å². The van der Waals surface area contributed by atoms with Crippen molar-refractivity contribution < 1.29 is 5.11 Å². The number of nitrogens with zero attached hydrogens (tertiary/aromatic N) is 1. The lowest BCUT2D eigenvalue weighted by Crippen LogP contribution is -2.02. The van der Waals surface area contributed by atoms with Gasteiger partial charge in [-0.3, -0.25) is 0 Å². The average Bonchev–Trinajstić information content (AvgIpc) is 2.36. The Labute approximate surface area is 66.8 Å². The fourth-order valence-electron chi connectivity index (χ4n) is 1.11. The number of rotatable bonds is 3. The Hall–Kier alpha value is -1.02. The predicted molar refractivity (Wildman–Crippen MR) is 45.3 cm³/mol. The maximum atomic E-state index is 9.26. The highest BCUT2D eigenvalue weighted by Crippen LogP contribution is 2.12. The maximum absolute atomic E-state index is 9.26. The molecule has 0 radical (unpaired) electrons. The fourth-order valence-corrected chi connectivity index (χ4v) is 1.11. The molecule has 1 aromatic heterocycles. The highest BCUT2D eigenvalue weighted by Gasteiger charge is 2.03. The van der Waals surface area contributed by atoms with E-state index in [1.165, 1.54) is 0 Å². The van der Waals surface area contributed by atoms with Crippen LogP contribution in [0.2, 0.25) is 0 Å². The molecule has 0 spiro atoms. The molecule has 0 amide bonds. The van der Waals surface area contributed by atoms with Crippen LogP contribution in [0.5, 0.6) is 0 Å². The zero-order valence-electron chi connectivity index (χ0n) is 6.70. The van der Waals surface area contributed by atoms with Gasteiger partial charge < -0.3 is 9.67 Å². The Morgan fingerprint density at radius 2 is 2.55 bits per heavy atom. The van der Waals surface area contributed by atoms with Gasteiger partial charge in [0.2, 0.25) is 0 Å². The summed E-state index contributed by atoms with van der Waals surface area (Å²) in [5.41, 5.74) is 0.935. The second-order valence-electron chi connectivity index (χ2n) is 2.55. The van der Waals surface area contributed by atoms with Crippen molar-refractivity contribution >= 4 is 0 Å². The van der Waals surface area contributed by atoms with Gasteiger partial charge in [0.1, 0.15) is 0 Å². The molecule has 1 N–H and O–H groups in total. The fraction of sp³-hybridized carbons (Fsp3) is 0.333. The van der Waals surface area contributed by atoms with E-state index in [1.807, 2.05) is 29.0 Å². The van der Waals surface area contributed by atoms with Crippen LogP contribution in [-0.2, 0) is 6.54 Å². The summed E-state index contributed by atoms with van der Waals surface area (Å²) in [4.78, 5) is 0. The Bertz CT molecular complexity index is 237. The molecule has 2 heteroatoms. The van der Waals surface area contributed by atoms with Gasteiger partial charge in [0.15, 0.2) is 0 Å². The second-order valence-corrected chi connectivity index (χ2v) is 2.55. The molecule has 0 aliphatic carbocycles. The molecule has 2 nitrogen and oxygen atoms in total. The molecular formula is C9H13NO. The molecule has 0 saturated heterocycles. The Kier molecular flexibility index (Phi) is 2.49. The third-order valence-electron chi connectivity index (χ3n) is 1.62. The highest BCUT2D eigenvalue weighted by atomic mass is 16.3. The van der Waals surface area contributed by atoms with Crippen LogP contribution in [0.4, 0.5) is 0 Å². The number of hydrogen-bond donors (Lipinski definition) is 1. The van der Waals surface area contributed by atoms with E-state index in [9.17, 15) is 5.11 Å². The van der Waals surface area contributed by atoms with Gasteiger partial charge in [0.05, 0.1) is 6.10 Å². The SMILES string of the molecule is C=CCn1cccc1C(C)O. The van der Waals surface area contributed by atoms with Crippen molar-refractivity contribution in [2.45, 2.75) is 19.6 Å². The van der Waals surface area contributed by atoms with E-state index < -0.39 is 6.10 Å². The van der Waals surface area contributed by atoms with Crippen LogP contribution in [0.1, 0.15) is 18.7 Å². The Morgan fingerprint density at radius 3 is 3.09 bits per heavy atom. The van der Waals surface area contributed by atoms with E-state index in [4.69, 9.17) is 0 Å². The van der Waals surface area contributed by atoms with E-state index in [1.54, 1.807) is 6.92 Å². The van der Waals surface area contributed by atoms with Crippen LogP contribution in [0.3, 0.4) is 0 Å². The summed E-state index contributed by atoms with van der Waals surface area (Å²) < 4.78 is 1.97. The lowest BCUT2D eigenvalue weighted by molar-refractivity contribution is 0.190. The standard InChI is InChI=1S/C9H13NO/c1-3-6-10-7-4-5-9(10)8(2)11/h3-5,7-8,11H,1,6H2,2H3. The molecule has 0 aliphatic heterocycles. The smallest absolute Gasteiger partial charge is 0.0911 e. The van der Waals surface area contributed by atoms with E-state index in [0.29, 0.717) is 0 Å². The Morgan fingerprint density at radius 1 is 1.82 bits per heavy atom. The molecule has 1 heterocycles. The largest absolute Gasteiger partial charge is 0.387 e. The normalized spacial score (nSPS) is 12.9. The van der Waals surface area contributed by atoms with Gasteiger partial charge in [-0.15, -0.1) is 6.58 Å². The molecule has 0 fully saturated rings. The summed E-state index contributed by atoms with van der Waals surface area (Å²) in [5.74, 6) is 0. The molecule has 1 unspecified atom stereocenters. The molecular weight excluding hydrogens is 138 g/mol. The van der Waals surface area contributed by atoms with Crippen molar-refractivity contribution in [3.63, 3.8) is 0 Å². The topological polar surface area (TPSA) is 25.2 Å². The molecule has 0 bridgehead atoms. The van der Waals surface area contributed by atoms with Crippen molar-refractivity contribution in [1.29, 1.82) is 0 Å². The summed E-state index contributed by atoms with van der Waals surface area (Å²) in [6, 6.07) is 3.83. The van der Waals surface area contributed by atoms with Gasteiger partial charge in [-0.05, 0) is 19.1 Å². The van der Waals surface area contributed by atoms with Crippen LogP contribution < -0.4 is 0 Å². The van der Waals surface area contributed by atoms with Gasteiger partial charge in [0.25, 0.3) is 0 Å². The maximum Gasteiger partial charge on any atom is 0.0911 e. The molecule has 0 aliphatic rings. The first-order valence-electron chi connectivity index (χ1n) is 3.69. The molecule has 1 rings (SSSR count). The molecule has 0 saturated carbocycles. The zero-order chi connectivity index (χ0) is 8.27. The van der Waals surface area contributed by atoms with Gasteiger partial charge in [-0.1, -0.05) is 6.08 Å². The number of aliphatic hydroxyl groups is 1. The van der Waals surface area contributed by atoms with Crippen molar-refractivity contribution in [2.24, 2.45) is 0 Å². The second kappa shape index (κ2) is 3.39. The van der Waals surface area contributed by atoms with Crippen molar-refractivity contribution in [3.05, 3.63) is 36.7 Å². The van der Waals surface area contributed by atoms with Gasteiger partial charge >= 0.3 is 0 Å². The molecule has 0 aromatic carbocycles. The van der Waals surface area contributed by atoms with Crippen molar-refractivity contribution in [2.75, 3.05) is 0 Å². The van der Waals surface area contributed by atoms with E-state index >= 15 is 0 Å². The Balaban J connectivity index is 2.86. The quantitative estimate of drug-likeness (QED) is 0.654. The van der Waals surface area contributed by atoms with Crippen LogP contribution >= 0.6 is 0 Å². The number of aliphatic hydroxyl groups excluding tert-OH is 1. The monoisotopic (exact) mass is 151 g/mol. The van der Waals surface area contributed by atoms with Crippen molar-refractivity contribution in [3.8, 4) is 0 Å². The van der Waals surface area contributed by atoms with Crippen LogP contribution in [0.15, 0.2) is 31.0 Å². The lowest BCUT2D eigenvalue weighted by atomic mass is 10.3.